The number of imidazole rings is 1. The van der Waals surface area contributed by atoms with E-state index in [9.17, 15) is 14.0 Å². The van der Waals surface area contributed by atoms with Gasteiger partial charge in [0.25, 0.3) is 0 Å². The highest BCUT2D eigenvalue weighted by Gasteiger charge is 2.14. The summed E-state index contributed by atoms with van der Waals surface area (Å²) >= 11 is 0. The molecule has 0 aliphatic carbocycles. The topological polar surface area (TPSA) is 73.8 Å². The van der Waals surface area contributed by atoms with Gasteiger partial charge in [0, 0.05) is 30.9 Å². The first-order valence-corrected chi connectivity index (χ1v) is 10.2. The lowest BCUT2D eigenvalue weighted by atomic mass is 10.2. The Kier molecular flexibility index (Phi) is 5.46. The smallest absolute Gasteiger partial charge is 0.326 e. The summed E-state index contributed by atoms with van der Waals surface area (Å²) in [5, 5.41) is 7.00. The number of hydrogen-bond donors (Lipinski definition) is 1. The van der Waals surface area contributed by atoms with Gasteiger partial charge >= 0.3 is 5.69 Å². The molecule has 8 heteroatoms. The molecule has 0 spiro atoms. The second-order valence-corrected chi connectivity index (χ2v) is 7.47. The number of para-hydroxylation sites is 2. The number of halogens is 1. The van der Waals surface area contributed by atoms with E-state index in [-0.39, 0.29) is 24.6 Å². The van der Waals surface area contributed by atoms with Gasteiger partial charge in [0.2, 0.25) is 5.91 Å². The van der Waals surface area contributed by atoms with E-state index in [0.29, 0.717) is 17.9 Å². The first kappa shape index (κ1) is 20.6. The van der Waals surface area contributed by atoms with E-state index in [1.54, 1.807) is 21.3 Å². The Labute approximate surface area is 178 Å². The highest BCUT2D eigenvalue weighted by atomic mass is 19.1. The van der Waals surface area contributed by atoms with Crippen molar-refractivity contribution in [1.29, 1.82) is 0 Å². The number of carbonyl (C=O) groups is 1. The maximum absolute atomic E-state index is 14.6. The van der Waals surface area contributed by atoms with Crippen molar-refractivity contribution in [1.82, 2.24) is 18.9 Å². The summed E-state index contributed by atoms with van der Waals surface area (Å²) in [6.45, 7) is 6.41. The van der Waals surface area contributed by atoms with E-state index in [2.05, 4.69) is 10.4 Å². The maximum Gasteiger partial charge on any atom is 0.329 e. The number of amides is 1. The molecular weight excluding hydrogens is 397 g/mol. The van der Waals surface area contributed by atoms with Gasteiger partial charge in [-0.15, -0.1) is 0 Å². The summed E-state index contributed by atoms with van der Waals surface area (Å²) < 4.78 is 19.5. The molecule has 0 atom stereocenters. The van der Waals surface area contributed by atoms with Crippen molar-refractivity contribution >= 4 is 22.6 Å². The van der Waals surface area contributed by atoms with E-state index in [1.165, 1.54) is 10.7 Å². The van der Waals surface area contributed by atoms with Gasteiger partial charge in [-0.1, -0.05) is 12.1 Å². The third kappa shape index (κ3) is 3.88. The van der Waals surface area contributed by atoms with Crippen LogP contribution >= 0.6 is 0 Å². The van der Waals surface area contributed by atoms with Crippen LogP contribution in [-0.4, -0.2) is 24.8 Å². The molecule has 160 valence electrons. The van der Waals surface area contributed by atoms with Crippen LogP contribution in [0.15, 0.2) is 53.3 Å². The highest BCUT2D eigenvalue weighted by molar-refractivity contribution is 5.90. The van der Waals surface area contributed by atoms with Crippen molar-refractivity contribution < 1.29 is 9.18 Å². The monoisotopic (exact) mass is 421 g/mol. The van der Waals surface area contributed by atoms with E-state index < -0.39 is 5.82 Å². The van der Waals surface area contributed by atoms with E-state index >= 15 is 0 Å². The van der Waals surface area contributed by atoms with Crippen LogP contribution < -0.4 is 11.0 Å². The highest BCUT2D eigenvalue weighted by Crippen LogP contribution is 2.20. The molecule has 0 saturated carbocycles. The van der Waals surface area contributed by atoms with Crippen LogP contribution in [0.25, 0.3) is 16.7 Å². The molecular formula is C23H24FN5O2. The predicted molar refractivity (Wildman–Crippen MR) is 118 cm³/mol. The Morgan fingerprint density at radius 1 is 1.06 bits per heavy atom. The summed E-state index contributed by atoms with van der Waals surface area (Å²) in [5.74, 6) is -0.773. The number of carbonyl (C=O) groups excluding carboxylic acids is 1. The molecule has 0 radical (unpaired) electrons. The normalized spacial score (nSPS) is 11.2. The first-order valence-electron chi connectivity index (χ1n) is 10.2. The number of fused-ring (bicyclic) bond motifs is 1. The molecule has 0 unspecified atom stereocenters. The third-order valence-electron chi connectivity index (χ3n) is 5.27. The van der Waals surface area contributed by atoms with Crippen LogP contribution in [0.2, 0.25) is 0 Å². The molecule has 0 saturated heterocycles. The summed E-state index contributed by atoms with van der Waals surface area (Å²) in [5.41, 5.74) is 3.80. The zero-order valence-corrected chi connectivity index (χ0v) is 17.7. The minimum atomic E-state index is -0.480. The molecule has 0 fully saturated rings. The molecule has 0 bridgehead atoms. The number of aryl methyl sites for hydroxylation is 4. The summed E-state index contributed by atoms with van der Waals surface area (Å²) in [6, 6.07) is 13.9. The number of rotatable bonds is 6. The SMILES string of the molecule is CCn1c(=O)n(CCC(=O)Nc2ccc(-n3nc(C)cc3C)c(F)c2)c2ccccc21. The molecule has 2 aromatic carbocycles. The Balaban J connectivity index is 1.48. The molecule has 2 heterocycles. The van der Waals surface area contributed by atoms with Crippen molar-refractivity contribution in [2.45, 2.75) is 40.3 Å². The average Bonchev–Trinajstić information content (AvgIpc) is 3.21. The maximum atomic E-state index is 14.6. The summed E-state index contributed by atoms with van der Waals surface area (Å²) in [6.07, 6.45) is 0.0957. The molecule has 4 aromatic rings. The van der Waals surface area contributed by atoms with Crippen LogP contribution in [0.5, 0.6) is 0 Å². The van der Waals surface area contributed by atoms with Gasteiger partial charge in [0.05, 0.1) is 16.7 Å². The molecule has 0 aliphatic heterocycles. The minimum Gasteiger partial charge on any atom is -0.326 e. The summed E-state index contributed by atoms with van der Waals surface area (Å²) in [4.78, 5) is 25.1. The van der Waals surface area contributed by atoms with Gasteiger partial charge in [0.1, 0.15) is 5.69 Å². The van der Waals surface area contributed by atoms with Gasteiger partial charge in [-0.25, -0.2) is 13.9 Å². The standard InChI is InChI=1S/C23H24FN5O2/c1-4-27-20-7-5-6-8-21(20)28(23(27)31)12-11-22(30)25-17-9-10-19(18(24)14-17)29-16(3)13-15(2)26-29/h5-10,13-14H,4,11-12H2,1-3H3,(H,25,30). The van der Waals surface area contributed by atoms with Crippen LogP contribution in [0.4, 0.5) is 10.1 Å². The summed E-state index contributed by atoms with van der Waals surface area (Å²) in [7, 11) is 0. The third-order valence-corrected chi connectivity index (χ3v) is 5.27. The van der Waals surface area contributed by atoms with Crippen molar-refractivity contribution in [3.05, 3.63) is 76.2 Å². The van der Waals surface area contributed by atoms with Crippen molar-refractivity contribution in [2.24, 2.45) is 0 Å². The Morgan fingerprint density at radius 3 is 2.39 bits per heavy atom. The first-order chi connectivity index (χ1) is 14.9. The molecule has 4 rings (SSSR count). The quantitative estimate of drug-likeness (QED) is 0.515. The Hall–Kier alpha value is -3.68. The van der Waals surface area contributed by atoms with E-state index in [1.807, 2.05) is 51.1 Å². The molecule has 1 N–H and O–H groups in total. The lowest BCUT2D eigenvalue weighted by Gasteiger charge is -2.10. The number of nitrogens with zero attached hydrogens (tertiary/aromatic N) is 4. The largest absolute Gasteiger partial charge is 0.329 e. The molecule has 31 heavy (non-hydrogen) atoms. The van der Waals surface area contributed by atoms with Crippen LogP contribution in [0.3, 0.4) is 0 Å². The molecule has 7 nitrogen and oxygen atoms in total. The fraction of sp³-hybridized carbons (Fsp3) is 0.261. The molecule has 0 aliphatic rings. The Morgan fingerprint density at radius 2 is 1.77 bits per heavy atom. The zero-order chi connectivity index (χ0) is 22.1. The number of aromatic nitrogens is 4. The Bertz CT molecular complexity index is 1330. The van der Waals surface area contributed by atoms with Crippen molar-refractivity contribution in [3.8, 4) is 5.69 Å². The average molecular weight is 421 g/mol. The second-order valence-electron chi connectivity index (χ2n) is 7.47. The van der Waals surface area contributed by atoms with Crippen LogP contribution in [0, 0.1) is 19.7 Å². The van der Waals surface area contributed by atoms with E-state index in [0.717, 1.165) is 22.4 Å². The van der Waals surface area contributed by atoms with Gasteiger partial charge in [0.15, 0.2) is 5.82 Å². The number of anilines is 1. The second kappa shape index (κ2) is 8.22. The van der Waals surface area contributed by atoms with E-state index in [4.69, 9.17) is 0 Å². The van der Waals surface area contributed by atoms with Gasteiger partial charge in [-0.3, -0.25) is 13.9 Å². The number of hydrogen-bond acceptors (Lipinski definition) is 3. The van der Waals surface area contributed by atoms with Crippen molar-refractivity contribution in [3.63, 3.8) is 0 Å². The van der Waals surface area contributed by atoms with Gasteiger partial charge in [-0.05, 0) is 57.2 Å². The van der Waals surface area contributed by atoms with Gasteiger partial charge < -0.3 is 5.32 Å². The van der Waals surface area contributed by atoms with Gasteiger partial charge in [-0.2, -0.15) is 5.10 Å². The molecule has 1 amide bonds. The molecule has 2 aromatic heterocycles. The fourth-order valence-corrected chi connectivity index (χ4v) is 3.86. The minimum absolute atomic E-state index is 0.0957. The number of nitrogens with one attached hydrogen (secondary N) is 1. The van der Waals surface area contributed by atoms with Crippen molar-refractivity contribution in [2.75, 3.05) is 5.32 Å². The fourth-order valence-electron chi connectivity index (χ4n) is 3.86. The zero-order valence-electron chi connectivity index (χ0n) is 17.7. The lowest BCUT2D eigenvalue weighted by Crippen LogP contribution is -2.25. The number of benzene rings is 2. The van der Waals surface area contributed by atoms with Crippen LogP contribution in [-0.2, 0) is 17.9 Å². The lowest BCUT2D eigenvalue weighted by molar-refractivity contribution is -0.116. The van der Waals surface area contributed by atoms with Crippen LogP contribution in [0.1, 0.15) is 24.7 Å². The predicted octanol–water partition coefficient (Wildman–Crippen LogP) is 3.79.